The van der Waals surface area contributed by atoms with Crippen LogP contribution >= 0.6 is 0 Å². The number of benzene rings is 1. The summed E-state index contributed by atoms with van der Waals surface area (Å²) in [6.45, 7) is 0.851. The second-order valence-corrected chi connectivity index (χ2v) is 5.77. The highest BCUT2D eigenvalue weighted by Gasteiger charge is 2.42. The molecule has 3 rings (SSSR count). The molecule has 1 aromatic carbocycles. The normalized spacial score (nSPS) is 27.3. The number of fused-ring (bicyclic) bond motifs is 1. The molecule has 1 aromatic rings. The first-order valence-corrected chi connectivity index (χ1v) is 7.17. The smallest absolute Gasteiger partial charge is 0.335 e. The topological polar surface area (TPSA) is 98.7 Å². The number of aromatic hydroxyl groups is 1. The number of hydrogen-bond acceptors (Lipinski definition) is 4. The van der Waals surface area contributed by atoms with Crippen LogP contribution < -0.4 is 10.6 Å². The maximum absolute atomic E-state index is 12.4. The molecule has 1 aliphatic heterocycles. The van der Waals surface area contributed by atoms with Crippen LogP contribution in [0, 0.1) is 11.8 Å². The number of nitrogens with one attached hydrogen (secondary N) is 2. The SMILES string of the molecule is O=C(O)c1ccc(O)c(NC(=O)C2NCC3CCCC32)c1. The third kappa shape index (κ3) is 2.58. The predicted molar refractivity (Wildman–Crippen MR) is 76.3 cm³/mol. The van der Waals surface area contributed by atoms with Crippen molar-refractivity contribution in [1.29, 1.82) is 0 Å². The molecule has 0 radical (unpaired) electrons. The predicted octanol–water partition coefficient (Wildman–Crippen LogP) is 1.42. The summed E-state index contributed by atoms with van der Waals surface area (Å²) in [5.74, 6) is -0.536. The highest BCUT2D eigenvalue weighted by molar-refractivity contribution is 5.98. The van der Waals surface area contributed by atoms with Crippen LogP contribution in [0.5, 0.6) is 5.75 Å². The largest absolute Gasteiger partial charge is 0.506 e. The van der Waals surface area contributed by atoms with Crippen LogP contribution in [0.3, 0.4) is 0 Å². The summed E-state index contributed by atoms with van der Waals surface area (Å²) in [4.78, 5) is 23.3. The van der Waals surface area contributed by atoms with Crippen LogP contribution in [-0.2, 0) is 4.79 Å². The van der Waals surface area contributed by atoms with Gasteiger partial charge in [-0.1, -0.05) is 6.42 Å². The van der Waals surface area contributed by atoms with Gasteiger partial charge >= 0.3 is 5.97 Å². The number of carbonyl (C=O) groups excluding carboxylic acids is 1. The third-order valence-electron chi connectivity index (χ3n) is 4.53. The third-order valence-corrected chi connectivity index (χ3v) is 4.53. The average Bonchev–Trinajstić information content (AvgIpc) is 3.03. The molecular formula is C15H18N2O4. The van der Waals surface area contributed by atoms with E-state index in [0.717, 1.165) is 25.8 Å². The highest BCUT2D eigenvalue weighted by Crippen LogP contribution is 2.38. The van der Waals surface area contributed by atoms with Crippen molar-refractivity contribution < 1.29 is 19.8 Å². The van der Waals surface area contributed by atoms with Gasteiger partial charge in [0.05, 0.1) is 17.3 Å². The zero-order valence-corrected chi connectivity index (χ0v) is 11.5. The monoisotopic (exact) mass is 290 g/mol. The van der Waals surface area contributed by atoms with Gasteiger partial charge in [0.2, 0.25) is 5.91 Å². The second kappa shape index (κ2) is 5.37. The Bertz CT molecular complexity index is 587. The first kappa shape index (κ1) is 13.9. The van der Waals surface area contributed by atoms with Crippen LogP contribution in [0.25, 0.3) is 0 Å². The van der Waals surface area contributed by atoms with Crippen molar-refractivity contribution in [3.8, 4) is 5.75 Å². The Morgan fingerprint density at radius 3 is 2.86 bits per heavy atom. The van der Waals surface area contributed by atoms with Gasteiger partial charge in [-0.2, -0.15) is 0 Å². The van der Waals surface area contributed by atoms with Crippen LogP contribution in [0.4, 0.5) is 5.69 Å². The molecule has 2 aliphatic rings. The molecule has 6 heteroatoms. The first-order chi connectivity index (χ1) is 10.1. The molecule has 1 saturated heterocycles. The van der Waals surface area contributed by atoms with Crippen molar-refractivity contribution in [1.82, 2.24) is 5.32 Å². The summed E-state index contributed by atoms with van der Waals surface area (Å²) >= 11 is 0. The molecule has 1 aliphatic carbocycles. The fourth-order valence-corrected chi connectivity index (χ4v) is 3.45. The van der Waals surface area contributed by atoms with Gasteiger partial charge in [-0.15, -0.1) is 0 Å². The van der Waals surface area contributed by atoms with Gasteiger partial charge in [-0.25, -0.2) is 4.79 Å². The number of aromatic carboxylic acids is 1. The number of carboxylic acid groups (broad SMARTS) is 1. The summed E-state index contributed by atoms with van der Waals surface area (Å²) < 4.78 is 0. The molecule has 1 saturated carbocycles. The lowest BCUT2D eigenvalue weighted by Gasteiger charge is -2.18. The van der Waals surface area contributed by atoms with Crippen LogP contribution in [0.15, 0.2) is 18.2 Å². The zero-order chi connectivity index (χ0) is 15.0. The van der Waals surface area contributed by atoms with Gasteiger partial charge < -0.3 is 20.8 Å². The number of phenols is 1. The lowest BCUT2D eigenvalue weighted by Crippen LogP contribution is -2.39. The van der Waals surface area contributed by atoms with E-state index in [-0.39, 0.29) is 28.9 Å². The first-order valence-electron chi connectivity index (χ1n) is 7.17. The number of phenolic OH excluding ortho intramolecular Hbond substituents is 1. The van der Waals surface area contributed by atoms with E-state index in [2.05, 4.69) is 10.6 Å². The Morgan fingerprint density at radius 2 is 2.10 bits per heavy atom. The van der Waals surface area contributed by atoms with Gasteiger partial charge in [0.25, 0.3) is 0 Å². The summed E-state index contributed by atoms with van der Waals surface area (Å²) in [5, 5.41) is 24.6. The number of amides is 1. The Balaban J connectivity index is 1.75. The molecule has 0 spiro atoms. The Morgan fingerprint density at radius 1 is 1.29 bits per heavy atom. The molecule has 0 bridgehead atoms. The molecule has 21 heavy (non-hydrogen) atoms. The van der Waals surface area contributed by atoms with Crippen LogP contribution in [0.1, 0.15) is 29.6 Å². The van der Waals surface area contributed by atoms with E-state index in [4.69, 9.17) is 5.11 Å². The summed E-state index contributed by atoms with van der Waals surface area (Å²) in [6, 6.07) is 3.59. The summed E-state index contributed by atoms with van der Waals surface area (Å²) in [7, 11) is 0. The summed E-state index contributed by atoms with van der Waals surface area (Å²) in [6.07, 6.45) is 3.35. The minimum Gasteiger partial charge on any atom is -0.506 e. The van der Waals surface area contributed by atoms with Gasteiger partial charge in [0.15, 0.2) is 0 Å². The summed E-state index contributed by atoms with van der Waals surface area (Å²) in [5.41, 5.74) is 0.171. The number of carboxylic acids is 1. The van der Waals surface area contributed by atoms with E-state index in [1.165, 1.54) is 18.2 Å². The number of anilines is 1. The molecule has 3 atom stereocenters. The minimum atomic E-state index is -1.10. The second-order valence-electron chi connectivity index (χ2n) is 5.77. The Labute approximate surface area is 122 Å². The van der Waals surface area contributed by atoms with Crippen molar-refractivity contribution in [2.45, 2.75) is 25.3 Å². The Hall–Kier alpha value is -2.08. The van der Waals surface area contributed by atoms with Crippen molar-refractivity contribution in [3.63, 3.8) is 0 Å². The van der Waals surface area contributed by atoms with Gasteiger partial charge in [0.1, 0.15) is 5.75 Å². The molecule has 4 N–H and O–H groups in total. The lowest BCUT2D eigenvalue weighted by molar-refractivity contribution is -0.118. The molecule has 112 valence electrons. The zero-order valence-electron chi connectivity index (χ0n) is 11.5. The van der Waals surface area contributed by atoms with E-state index in [1.54, 1.807) is 0 Å². The average molecular weight is 290 g/mol. The standard InChI is InChI=1S/C15H18N2O4/c18-12-5-4-8(15(20)21)6-11(12)17-14(19)13-10-3-1-2-9(10)7-16-13/h4-6,9-10,13,16,18H,1-3,7H2,(H,17,19)(H,20,21). The maximum Gasteiger partial charge on any atom is 0.335 e. The van der Waals surface area contributed by atoms with Crippen molar-refractivity contribution >= 4 is 17.6 Å². The number of carbonyl (C=O) groups is 2. The van der Waals surface area contributed by atoms with E-state index >= 15 is 0 Å². The molecular weight excluding hydrogens is 272 g/mol. The number of rotatable bonds is 3. The molecule has 3 unspecified atom stereocenters. The molecule has 1 amide bonds. The lowest BCUT2D eigenvalue weighted by atomic mass is 9.93. The fourth-order valence-electron chi connectivity index (χ4n) is 3.45. The van der Waals surface area contributed by atoms with Crippen molar-refractivity contribution in [3.05, 3.63) is 23.8 Å². The van der Waals surface area contributed by atoms with Crippen LogP contribution in [-0.4, -0.2) is 34.7 Å². The van der Waals surface area contributed by atoms with Crippen molar-refractivity contribution in [2.24, 2.45) is 11.8 Å². The maximum atomic E-state index is 12.4. The van der Waals surface area contributed by atoms with Crippen molar-refractivity contribution in [2.75, 3.05) is 11.9 Å². The van der Waals surface area contributed by atoms with Crippen LogP contribution in [0.2, 0.25) is 0 Å². The molecule has 1 heterocycles. The van der Waals surface area contributed by atoms with Gasteiger partial charge in [-0.05, 0) is 49.4 Å². The Kier molecular flexibility index (Phi) is 3.55. The van der Waals surface area contributed by atoms with Gasteiger partial charge in [-0.3, -0.25) is 4.79 Å². The molecule has 6 nitrogen and oxygen atoms in total. The van der Waals surface area contributed by atoms with E-state index in [9.17, 15) is 14.7 Å². The van der Waals surface area contributed by atoms with E-state index in [1.807, 2.05) is 0 Å². The number of hydrogen-bond donors (Lipinski definition) is 4. The molecule has 2 fully saturated rings. The fraction of sp³-hybridized carbons (Fsp3) is 0.467. The molecule has 0 aromatic heterocycles. The quantitative estimate of drug-likeness (QED) is 0.631. The minimum absolute atomic E-state index is 0.0289. The van der Waals surface area contributed by atoms with E-state index < -0.39 is 5.97 Å². The van der Waals surface area contributed by atoms with Gasteiger partial charge in [0, 0.05) is 0 Å². The van der Waals surface area contributed by atoms with E-state index in [0.29, 0.717) is 11.8 Å². The highest BCUT2D eigenvalue weighted by atomic mass is 16.4.